The Bertz CT molecular complexity index is 394. The third kappa shape index (κ3) is 4.35. The van der Waals surface area contributed by atoms with Crippen molar-refractivity contribution in [3.63, 3.8) is 0 Å². The second kappa shape index (κ2) is 6.71. The summed E-state index contributed by atoms with van der Waals surface area (Å²) in [6.07, 6.45) is 4.18. The SMILES string of the molecule is CC(C)NC1CCC(OC(=O)c2ccccc2)CC1. The quantitative estimate of drug-likeness (QED) is 0.846. The molecule has 19 heavy (non-hydrogen) atoms. The summed E-state index contributed by atoms with van der Waals surface area (Å²) >= 11 is 0. The zero-order chi connectivity index (χ0) is 13.7. The molecule has 0 radical (unpaired) electrons. The van der Waals surface area contributed by atoms with E-state index in [9.17, 15) is 4.79 Å². The van der Waals surface area contributed by atoms with Gasteiger partial charge in [0.2, 0.25) is 0 Å². The normalized spacial score (nSPS) is 23.3. The van der Waals surface area contributed by atoms with Crippen LogP contribution < -0.4 is 5.32 Å². The van der Waals surface area contributed by atoms with Gasteiger partial charge in [-0.05, 0) is 37.8 Å². The van der Waals surface area contributed by atoms with Crippen LogP contribution in [0.3, 0.4) is 0 Å². The standard InChI is InChI=1S/C16H23NO2/c1-12(2)17-14-8-10-15(11-9-14)19-16(18)13-6-4-3-5-7-13/h3-7,12,14-15,17H,8-11H2,1-2H3. The van der Waals surface area contributed by atoms with Gasteiger partial charge in [-0.1, -0.05) is 32.0 Å². The van der Waals surface area contributed by atoms with Crippen molar-refractivity contribution >= 4 is 5.97 Å². The van der Waals surface area contributed by atoms with Gasteiger partial charge in [0, 0.05) is 12.1 Å². The highest BCUT2D eigenvalue weighted by molar-refractivity contribution is 5.89. The van der Waals surface area contributed by atoms with Crippen molar-refractivity contribution < 1.29 is 9.53 Å². The van der Waals surface area contributed by atoms with Crippen molar-refractivity contribution in [2.24, 2.45) is 0 Å². The van der Waals surface area contributed by atoms with Crippen molar-refractivity contribution in [2.75, 3.05) is 0 Å². The van der Waals surface area contributed by atoms with E-state index < -0.39 is 0 Å². The molecule has 0 saturated heterocycles. The molecule has 0 heterocycles. The van der Waals surface area contributed by atoms with Crippen molar-refractivity contribution in [3.8, 4) is 0 Å². The van der Waals surface area contributed by atoms with Crippen LogP contribution in [-0.4, -0.2) is 24.2 Å². The Morgan fingerprint density at radius 2 is 1.79 bits per heavy atom. The minimum absolute atomic E-state index is 0.0814. The third-order valence-corrected chi connectivity index (χ3v) is 3.53. The Balaban J connectivity index is 1.78. The van der Waals surface area contributed by atoms with Crippen molar-refractivity contribution in [1.82, 2.24) is 5.32 Å². The topological polar surface area (TPSA) is 38.3 Å². The van der Waals surface area contributed by atoms with Crippen LogP contribution in [0.5, 0.6) is 0 Å². The molecule has 0 amide bonds. The number of carbonyl (C=O) groups excluding carboxylic acids is 1. The van der Waals surface area contributed by atoms with E-state index in [0.29, 0.717) is 17.6 Å². The highest BCUT2D eigenvalue weighted by Crippen LogP contribution is 2.22. The van der Waals surface area contributed by atoms with E-state index in [4.69, 9.17) is 4.74 Å². The van der Waals surface area contributed by atoms with Crippen molar-refractivity contribution in [2.45, 2.75) is 57.7 Å². The first-order valence-corrected chi connectivity index (χ1v) is 7.17. The molecule has 1 aromatic rings. The minimum Gasteiger partial charge on any atom is -0.459 e. The monoisotopic (exact) mass is 261 g/mol. The predicted molar refractivity (Wildman–Crippen MR) is 76.2 cm³/mol. The number of hydrogen-bond donors (Lipinski definition) is 1. The average Bonchev–Trinajstić information content (AvgIpc) is 2.41. The second-order valence-corrected chi connectivity index (χ2v) is 5.57. The molecule has 1 saturated carbocycles. The van der Waals surface area contributed by atoms with E-state index in [1.807, 2.05) is 18.2 Å². The number of ether oxygens (including phenoxy) is 1. The van der Waals surface area contributed by atoms with Crippen LogP contribution in [0.2, 0.25) is 0 Å². The molecule has 1 aromatic carbocycles. The van der Waals surface area contributed by atoms with Crippen LogP contribution >= 0.6 is 0 Å². The van der Waals surface area contributed by atoms with Gasteiger partial charge in [-0.15, -0.1) is 0 Å². The maximum Gasteiger partial charge on any atom is 0.338 e. The lowest BCUT2D eigenvalue weighted by Crippen LogP contribution is -2.39. The maximum absolute atomic E-state index is 11.9. The Hall–Kier alpha value is -1.35. The smallest absolute Gasteiger partial charge is 0.338 e. The zero-order valence-corrected chi connectivity index (χ0v) is 11.8. The highest BCUT2D eigenvalue weighted by Gasteiger charge is 2.24. The predicted octanol–water partition coefficient (Wildman–Crippen LogP) is 3.15. The van der Waals surface area contributed by atoms with E-state index >= 15 is 0 Å². The molecule has 1 aliphatic rings. The van der Waals surface area contributed by atoms with Gasteiger partial charge >= 0.3 is 5.97 Å². The van der Waals surface area contributed by atoms with E-state index in [-0.39, 0.29) is 12.1 Å². The zero-order valence-electron chi connectivity index (χ0n) is 11.8. The summed E-state index contributed by atoms with van der Waals surface area (Å²) in [5.41, 5.74) is 0.643. The summed E-state index contributed by atoms with van der Waals surface area (Å²) in [5, 5.41) is 3.55. The molecule has 1 aliphatic carbocycles. The summed E-state index contributed by atoms with van der Waals surface area (Å²) in [6, 6.07) is 10.3. The minimum atomic E-state index is -0.194. The molecule has 2 rings (SSSR count). The lowest BCUT2D eigenvalue weighted by Gasteiger charge is -2.30. The lowest BCUT2D eigenvalue weighted by molar-refractivity contribution is 0.0183. The van der Waals surface area contributed by atoms with Gasteiger partial charge in [-0.25, -0.2) is 4.79 Å². The Morgan fingerprint density at radius 1 is 1.16 bits per heavy atom. The van der Waals surface area contributed by atoms with Crippen LogP contribution in [0.15, 0.2) is 30.3 Å². The fourth-order valence-corrected chi connectivity index (χ4v) is 2.61. The van der Waals surface area contributed by atoms with Crippen LogP contribution in [0.1, 0.15) is 49.9 Å². The lowest BCUT2D eigenvalue weighted by atomic mass is 9.92. The molecule has 0 unspecified atom stereocenters. The first-order valence-electron chi connectivity index (χ1n) is 7.17. The van der Waals surface area contributed by atoms with Crippen LogP contribution in [-0.2, 0) is 4.74 Å². The second-order valence-electron chi connectivity index (χ2n) is 5.57. The van der Waals surface area contributed by atoms with Gasteiger partial charge < -0.3 is 10.1 Å². The van der Waals surface area contributed by atoms with Gasteiger partial charge in [-0.3, -0.25) is 0 Å². The van der Waals surface area contributed by atoms with E-state index in [1.165, 1.54) is 0 Å². The largest absolute Gasteiger partial charge is 0.459 e. The molecule has 1 fully saturated rings. The number of hydrogen-bond acceptors (Lipinski definition) is 3. The van der Waals surface area contributed by atoms with Crippen molar-refractivity contribution in [3.05, 3.63) is 35.9 Å². The van der Waals surface area contributed by atoms with Crippen LogP contribution in [0.4, 0.5) is 0 Å². The first-order chi connectivity index (χ1) is 9.15. The number of esters is 1. The summed E-state index contributed by atoms with van der Waals surface area (Å²) < 4.78 is 5.56. The fraction of sp³-hybridized carbons (Fsp3) is 0.562. The molecule has 0 spiro atoms. The van der Waals surface area contributed by atoms with Gasteiger partial charge in [0.05, 0.1) is 5.56 Å². The van der Waals surface area contributed by atoms with Crippen LogP contribution in [0.25, 0.3) is 0 Å². The molecule has 104 valence electrons. The average molecular weight is 261 g/mol. The van der Waals surface area contributed by atoms with Gasteiger partial charge in [0.1, 0.15) is 6.10 Å². The maximum atomic E-state index is 11.9. The van der Waals surface area contributed by atoms with E-state index in [0.717, 1.165) is 25.7 Å². The van der Waals surface area contributed by atoms with Crippen LogP contribution in [0, 0.1) is 0 Å². The number of carbonyl (C=O) groups is 1. The summed E-state index contributed by atoms with van der Waals surface area (Å²) in [7, 11) is 0. The number of nitrogens with one attached hydrogen (secondary N) is 1. The Labute approximate surface area is 115 Å². The third-order valence-electron chi connectivity index (χ3n) is 3.53. The first kappa shape index (κ1) is 14.1. The molecule has 1 N–H and O–H groups in total. The molecule has 0 aromatic heterocycles. The molecule has 0 aliphatic heterocycles. The van der Waals surface area contributed by atoms with Gasteiger partial charge in [-0.2, -0.15) is 0 Å². The summed E-state index contributed by atoms with van der Waals surface area (Å²) in [5.74, 6) is -0.194. The molecular weight excluding hydrogens is 238 g/mol. The van der Waals surface area contributed by atoms with Crippen molar-refractivity contribution in [1.29, 1.82) is 0 Å². The molecule has 3 heteroatoms. The Kier molecular flexibility index (Phi) is 4.97. The highest BCUT2D eigenvalue weighted by atomic mass is 16.5. The van der Waals surface area contributed by atoms with Gasteiger partial charge in [0.15, 0.2) is 0 Å². The number of rotatable bonds is 4. The van der Waals surface area contributed by atoms with Gasteiger partial charge in [0.25, 0.3) is 0 Å². The summed E-state index contributed by atoms with van der Waals surface area (Å²) in [4.78, 5) is 11.9. The number of benzene rings is 1. The molecular formula is C16H23NO2. The molecule has 0 atom stereocenters. The fourth-order valence-electron chi connectivity index (χ4n) is 2.61. The molecule has 3 nitrogen and oxygen atoms in total. The van der Waals surface area contributed by atoms with E-state index in [1.54, 1.807) is 12.1 Å². The van der Waals surface area contributed by atoms with E-state index in [2.05, 4.69) is 19.2 Å². The Morgan fingerprint density at radius 3 is 2.37 bits per heavy atom. The summed E-state index contributed by atoms with van der Waals surface area (Å²) in [6.45, 7) is 4.34. The molecule has 0 bridgehead atoms.